The molecule has 2 aromatic carbocycles. The van der Waals surface area contributed by atoms with Crippen LogP contribution in [0, 0.1) is 5.82 Å². The van der Waals surface area contributed by atoms with Gasteiger partial charge in [-0.25, -0.2) is 14.4 Å². The molecule has 0 bridgehead atoms. The van der Waals surface area contributed by atoms with Crippen LogP contribution in [0.3, 0.4) is 0 Å². The zero-order valence-corrected chi connectivity index (χ0v) is 16.7. The van der Waals surface area contributed by atoms with Crippen molar-refractivity contribution in [2.45, 2.75) is 0 Å². The molecule has 1 aromatic heterocycles. The number of piperazine rings is 1. The molecule has 0 aliphatic carbocycles. The van der Waals surface area contributed by atoms with Crippen LogP contribution >= 0.6 is 27.3 Å². The Morgan fingerprint density at radius 2 is 1.96 bits per heavy atom. The van der Waals surface area contributed by atoms with Crippen LogP contribution in [0.25, 0.3) is 10.2 Å². The van der Waals surface area contributed by atoms with Crippen LogP contribution in [0.5, 0.6) is 0 Å². The minimum Gasteiger partial charge on any atom is -0.367 e. The number of thiazole rings is 1. The van der Waals surface area contributed by atoms with Crippen molar-refractivity contribution in [3.8, 4) is 0 Å². The first-order chi connectivity index (χ1) is 12.6. The number of aliphatic imine (C=N–C) groups is 1. The van der Waals surface area contributed by atoms with Gasteiger partial charge in [-0.2, -0.15) is 0 Å². The van der Waals surface area contributed by atoms with Crippen LogP contribution in [-0.4, -0.2) is 49.3 Å². The number of benzene rings is 2. The molecule has 1 aliphatic rings. The summed E-state index contributed by atoms with van der Waals surface area (Å²) in [6.07, 6.45) is 1.78. The van der Waals surface area contributed by atoms with Crippen molar-refractivity contribution in [3.63, 3.8) is 0 Å². The zero-order valence-electron chi connectivity index (χ0n) is 14.3. The fourth-order valence-corrected chi connectivity index (χ4v) is 4.19. The summed E-state index contributed by atoms with van der Waals surface area (Å²) < 4.78 is 16.5. The molecule has 0 amide bonds. The van der Waals surface area contributed by atoms with Crippen LogP contribution in [0.4, 0.5) is 15.2 Å². The number of anilines is 1. The molecule has 3 aromatic rings. The van der Waals surface area contributed by atoms with E-state index in [9.17, 15) is 4.39 Å². The second-order valence-electron chi connectivity index (χ2n) is 6.34. The number of fused-ring (bicyclic) bond motifs is 1. The summed E-state index contributed by atoms with van der Waals surface area (Å²) in [6.45, 7) is 3.57. The smallest absolute Gasteiger partial charge is 0.210 e. The van der Waals surface area contributed by atoms with Crippen molar-refractivity contribution in [2.75, 3.05) is 38.1 Å². The van der Waals surface area contributed by atoms with Gasteiger partial charge in [0.25, 0.3) is 0 Å². The van der Waals surface area contributed by atoms with E-state index in [4.69, 9.17) is 0 Å². The quantitative estimate of drug-likeness (QED) is 0.562. The van der Waals surface area contributed by atoms with Gasteiger partial charge in [-0.1, -0.05) is 45.5 Å². The fourth-order valence-electron chi connectivity index (χ4n) is 2.97. The number of hydrogen-bond donors (Lipinski definition) is 0. The molecule has 1 aliphatic heterocycles. The van der Waals surface area contributed by atoms with E-state index in [1.165, 1.54) is 17.4 Å². The molecule has 4 rings (SSSR count). The predicted molar refractivity (Wildman–Crippen MR) is 111 cm³/mol. The SMILES string of the molecule is CN1CCN(c2cc3sc(/N=C/c4ccccc4Br)nc3cc2F)CC1. The van der Waals surface area contributed by atoms with Crippen LogP contribution in [-0.2, 0) is 0 Å². The lowest BCUT2D eigenvalue weighted by atomic mass is 10.2. The van der Waals surface area contributed by atoms with Gasteiger partial charge in [-0.15, -0.1) is 0 Å². The summed E-state index contributed by atoms with van der Waals surface area (Å²) >= 11 is 4.99. The van der Waals surface area contributed by atoms with E-state index < -0.39 is 0 Å². The van der Waals surface area contributed by atoms with Gasteiger partial charge in [0.2, 0.25) is 5.13 Å². The van der Waals surface area contributed by atoms with E-state index in [0.29, 0.717) is 16.3 Å². The zero-order chi connectivity index (χ0) is 18.1. The largest absolute Gasteiger partial charge is 0.367 e. The van der Waals surface area contributed by atoms with Crippen LogP contribution < -0.4 is 4.90 Å². The third kappa shape index (κ3) is 3.65. The number of rotatable bonds is 3. The first kappa shape index (κ1) is 17.6. The maximum Gasteiger partial charge on any atom is 0.210 e. The molecule has 26 heavy (non-hydrogen) atoms. The normalized spacial score (nSPS) is 16.0. The Bertz CT molecular complexity index is 963. The van der Waals surface area contributed by atoms with Gasteiger partial charge in [0, 0.05) is 48.5 Å². The average Bonchev–Trinajstić information content (AvgIpc) is 3.03. The summed E-state index contributed by atoms with van der Waals surface area (Å²) in [5, 5.41) is 0.630. The van der Waals surface area contributed by atoms with Gasteiger partial charge in [-0.05, 0) is 19.2 Å². The van der Waals surface area contributed by atoms with Gasteiger partial charge in [0.05, 0.1) is 15.9 Å². The molecule has 1 saturated heterocycles. The lowest BCUT2D eigenvalue weighted by molar-refractivity contribution is 0.312. The summed E-state index contributed by atoms with van der Waals surface area (Å²) in [4.78, 5) is 13.3. The first-order valence-corrected chi connectivity index (χ1v) is 10.0. The second-order valence-corrected chi connectivity index (χ2v) is 8.20. The highest BCUT2D eigenvalue weighted by atomic mass is 79.9. The van der Waals surface area contributed by atoms with Crippen molar-refractivity contribution >= 4 is 54.5 Å². The van der Waals surface area contributed by atoms with E-state index >= 15 is 0 Å². The van der Waals surface area contributed by atoms with Gasteiger partial charge in [-0.3, -0.25) is 0 Å². The number of aromatic nitrogens is 1. The van der Waals surface area contributed by atoms with Crippen molar-refractivity contribution in [1.82, 2.24) is 9.88 Å². The second kappa shape index (κ2) is 7.42. The Hall–Kier alpha value is -1.83. The van der Waals surface area contributed by atoms with Gasteiger partial charge in [0.15, 0.2) is 0 Å². The molecule has 134 valence electrons. The maximum absolute atomic E-state index is 14.6. The van der Waals surface area contributed by atoms with Gasteiger partial charge < -0.3 is 9.80 Å². The third-order valence-corrected chi connectivity index (χ3v) is 6.16. The highest BCUT2D eigenvalue weighted by Crippen LogP contribution is 2.33. The lowest BCUT2D eigenvalue weighted by Gasteiger charge is -2.34. The van der Waals surface area contributed by atoms with E-state index in [2.05, 4.69) is 42.8 Å². The van der Waals surface area contributed by atoms with E-state index in [0.717, 1.165) is 40.9 Å². The summed E-state index contributed by atoms with van der Waals surface area (Å²) in [5.41, 5.74) is 2.30. The van der Waals surface area contributed by atoms with Gasteiger partial charge >= 0.3 is 0 Å². The number of nitrogens with zero attached hydrogens (tertiary/aromatic N) is 4. The van der Waals surface area contributed by atoms with E-state index in [-0.39, 0.29) is 5.82 Å². The maximum atomic E-state index is 14.6. The number of halogens is 2. The lowest BCUT2D eigenvalue weighted by Crippen LogP contribution is -2.44. The van der Waals surface area contributed by atoms with Crippen molar-refractivity contribution in [2.24, 2.45) is 4.99 Å². The van der Waals surface area contributed by atoms with E-state index in [1.54, 1.807) is 6.21 Å². The third-order valence-electron chi connectivity index (χ3n) is 4.51. The minimum absolute atomic E-state index is 0.214. The molecule has 0 spiro atoms. The summed E-state index contributed by atoms with van der Waals surface area (Å²) in [5.74, 6) is -0.214. The molecular weight excluding hydrogens is 415 g/mol. The van der Waals surface area contributed by atoms with E-state index in [1.807, 2.05) is 30.3 Å². The molecule has 0 N–H and O–H groups in total. The molecule has 0 atom stereocenters. The average molecular weight is 433 g/mol. The molecule has 4 nitrogen and oxygen atoms in total. The number of hydrogen-bond acceptors (Lipinski definition) is 5. The predicted octanol–water partition coefficient (Wildman–Crippen LogP) is 4.70. The molecular formula is C19H18BrFN4S. The molecule has 0 unspecified atom stereocenters. The minimum atomic E-state index is -0.214. The number of likely N-dealkylation sites (N-methyl/N-ethyl adjacent to an activating group) is 1. The van der Waals surface area contributed by atoms with Crippen LogP contribution in [0.2, 0.25) is 0 Å². The molecule has 1 fully saturated rings. The summed E-state index contributed by atoms with van der Waals surface area (Å²) in [7, 11) is 2.09. The highest BCUT2D eigenvalue weighted by Gasteiger charge is 2.19. The first-order valence-electron chi connectivity index (χ1n) is 8.42. The highest BCUT2D eigenvalue weighted by molar-refractivity contribution is 9.10. The fraction of sp³-hybridized carbons (Fsp3) is 0.263. The molecule has 0 radical (unpaired) electrons. The Labute approximate surface area is 164 Å². The Morgan fingerprint density at radius 1 is 1.19 bits per heavy atom. The van der Waals surface area contributed by atoms with Crippen molar-refractivity contribution in [3.05, 3.63) is 52.3 Å². The monoisotopic (exact) mass is 432 g/mol. The van der Waals surface area contributed by atoms with Crippen molar-refractivity contribution in [1.29, 1.82) is 0 Å². The van der Waals surface area contributed by atoms with Gasteiger partial charge in [0.1, 0.15) is 5.82 Å². The Kier molecular flexibility index (Phi) is 5.02. The Morgan fingerprint density at radius 3 is 2.73 bits per heavy atom. The van der Waals surface area contributed by atoms with Crippen LogP contribution in [0.1, 0.15) is 5.56 Å². The molecule has 2 heterocycles. The molecule has 0 saturated carbocycles. The van der Waals surface area contributed by atoms with Crippen molar-refractivity contribution < 1.29 is 4.39 Å². The standard InChI is InChI=1S/C19H18BrFN4S/c1-24-6-8-25(9-7-24)17-11-18-16(10-15(17)21)23-19(26-18)22-12-13-4-2-3-5-14(13)20/h2-5,10-12H,6-9H2,1H3/b22-12+. The topological polar surface area (TPSA) is 31.7 Å². The Balaban J connectivity index is 1.62. The van der Waals surface area contributed by atoms with Crippen LogP contribution in [0.15, 0.2) is 45.9 Å². The summed E-state index contributed by atoms with van der Waals surface area (Å²) in [6, 6.07) is 11.3. The molecule has 7 heteroatoms.